The molecule has 0 radical (unpaired) electrons. The lowest BCUT2D eigenvalue weighted by atomic mass is 10.1. The molecule has 1 aliphatic rings. The zero-order valence-electron chi connectivity index (χ0n) is 18.7. The van der Waals surface area contributed by atoms with Gasteiger partial charge in [0.1, 0.15) is 0 Å². The van der Waals surface area contributed by atoms with Crippen LogP contribution in [0.5, 0.6) is 17.2 Å². The number of ether oxygens (including phenoxy) is 3. The number of carbonyl (C=O) groups is 1. The molecule has 1 aliphatic heterocycles. The lowest BCUT2D eigenvalue weighted by Crippen LogP contribution is -2.36. The first kappa shape index (κ1) is 23.9. The molecule has 0 unspecified atom stereocenters. The molecule has 1 fully saturated rings. The topological polar surface area (TPSA) is 94.2 Å². The van der Waals surface area contributed by atoms with Gasteiger partial charge in [-0.2, -0.15) is 0 Å². The van der Waals surface area contributed by atoms with E-state index in [0.29, 0.717) is 41.5 Å². The second kappa shape index (κ2) is 10.7. The molecule has 0 aliphatic carbocycles. The molecule has 0 saturated carbocycles. The largest absolute Gasteiger partial charge is 0.493 e. The summed E-state index contributed by atoms with van der Waals surface area (Å²) in [7, 11) is 1.25. The zero-order chi connectivity index (χ0) is 23.1. The van der Waals surface area contributed by atoms with E-state index in [9.17, 15) is 13.2 Å². The van der Waals surface area contributed by atoms with E-state index in [1.807, 2.05) is 0 Å². The van der Waals surface area contributed by atoms with Crippen molar-refractivity contribution in [3.63, 3.8) is 0 Å². The predicted molar refractivity (Wildman–Crippen MR) is 122 cm³/mol. The van der Waals surface area contributed by atoms with Gasteiger partial charge in [-0.3, -0.25) is 4.79 Å². The Bertz CT molecular complexity index is 1030. The SMILES string of the molecule is COc1ccc(CNC(=O)c2ccc(CS(=O)(=O)N3CCCCC3)cc2)c(OC)c1OC. The van der Waals surface area contributed by atoms with Gasteiger partial charge in [0.2, 0.25) is 15.8 Å². The third kappa shape index (κ3) is 5.52. The van der Waals surface area contributed by atoms with Gasteiger partial charge < -0.3 is 19.5 Å². The highest BCUT2D eigenvalue weighted by molar-refractivity contribution is 7.88. The summed E-state index contributed by atoms with van der Waals surface area (Å²) in [5, 5.41) is 2.86. The molecule has 0 spiro atoms. The first-order chi connectivity index (χ1) is 15.4. The summed E-state index contributed by atoms with van der Waals surface area (Å²) < 4.78 is 42.9. The van der Waals surface area contributed by atoms with Crippen molar-refractivity contribution in [3.8, 4) is 17.2 Å². The Morgan fingerprint density at radius 2 is 1.56 bits per heavy atom. The minimum absolute atomic E-state index is 0.0578. The standard InChI is InChI=1S/C23H30N2O6S/c1-29-20-12-11-19(21(30-2)22(20)31-3)15-24-23(26)18-9-7-17(8-10-18)16-32(27,28)25-13-5-4-6-14-25/h7-12H,4-6,13-16H2,1-3H3,(H,24,26). The van der Waals surface area contributed by atoms with Gasteiger partial charge in [0, 0.05) is 30.8 Å². The summed E-state index contributed by atoms with van der Waals surface area (Å²) >= 11 is 0. The third-order valence-electron chi connectivity index (χ3n) is 5.50. The number of hydrogen-bond acceptors (Lipinski definition) is 6. The average Bonchev–Trinajstić information content (AvgIpc) is 2.82. The van der Waals surface area contributed by atoms with Crippen LogP contribution in [0.1, 0.15) is 40.7 Å². The Morgan fingerprint density at radius 1 is 0.906 bits per heavy atom. The van der Waals surface area contributed by atoms with Crippen LogP contribution >= 0.6 is 0 Å². The number of rotatable bonds is 9. The van der Waals surface area contributed by atoms with Gasteiger partial charge in [0.15, 0.2) is 11.5 Å². The van der Waals surface area contributed by atoms with E-state index in [1.165, 1.54) is 14.2 Å². The smallest absolute Gasteiger partial charge is 0.251 e. The molecular weight excluding hydrogens is 432 g/mol. The van der Waals surface area contributed by atoms with Gasteiger partial charge in [0.05, 0.1) is 27.1 Å². The fourth-order valence-corrected chi connectivity index (χ4v) is 5.39. The van der Waals surface area contributed by atoms with Crippen molar-refractivity contribution in [3.05, 3.63) is 53.1 Å². The summed E-state index contributed by atoms with van der Waals surface area (Å²) in [6, 6.07) is 10.2. The maximum absolute atomic E-state index is 12.6. The van der Waals surface area contributed by atoms with Crippen molar-refractivity contribution in [2.75, 3.05) is 34.4 Å². The molecular formula is C23H30N2O6S. The van der Waals surface area contributed by atoms with Crippen molar-refractivity contribution in [2.45, 2.75) is 31.6 Å². The molecule has 1 saturated heterocycles. The van der Waals surface area contributed by atoms with Crippen LogP contribution in [0.4, 0.5) is 0 Å². The van der Waals surface area contributed by atoms with Gasteiger partial charge in [-0.25, -0.2) is 12.7 Å². The van der Waals surface area contributed by atoms with E-state index in [2.05, 4.69) is 5.32 Å². The number of nitrogens with zero attached hydrogens (tertiary/aromatic N) is 1. The van der Waals surface area contributed by atoms with Crippen molar-refractivity contribution in [1.29, 1.82) is 0 Å². The Balaban J connectivity index is 1.64. The highest BCUT2D eigenvalue weighted by Gasteiger charge is 2.24. The molecule has 1 N–H and O–H groups in total. The predicted octanol–water partition coefficient (Wildman–Crippen LogP) is 2.96. The second-order valence-electron chi connectivity index (χ2n) is 7.59. The average molecular weight is 463 g/mol. The Morgan fingerprint density at radius 3 is 2.16 bits per heavy atom. The fourth-order valence-electron chi connectivity index (χ4n) is 3.78. The molecule has 0 atom stereocenters. The minimum Gasteiger partial charge on any atom is -0.493 e. The number of benzene rings is 2. The second-order valence-corrected chi connectivity index (χ2v) is 9.56. The summed E-state index contributed by atoms with van der Waals surface area (Å²) in [6.45, 7) is 1.40. The normalized spacial score (nSPS) is 14.6. The first-order valence-corrected chi connectivity index (χ1v) is 12.1. The van der Waals surface area contributed by atoms with E-state index in [1.54, 1.807) is 47.8 Å². The Labute approximate surface area is 189 Å². The van der Waals surface area contributed by atoms with E-state index in [4.69, 9.17) is 14.2 Å². The zero-order valence-corrected chi connectivity index (χ0v) is 19.5. The van der Waals surface area contributed by atoms with E-state index in [0.717, 1.165) is 24.8 Å². The summed E-state index contributed by atoms with van der Waals surface area (Å²) in [6.07, 6.45) is 2.89. The minimum atomic E-state index is -3.34. The monoisotopic (exact) mass is 462 g/mol. The molecule has 1 heterocycles. The lowest BCUT2D eigenvalue weighted by Gasteiger charge is -2.25. The van der Waals surface area contributed by atoms with Gasteiger partial charge >= 0.3 is 0 Å². The van der Waals surface area contributed by atoms with Gasteiger partial charge in [-0.15, -0.1) is 0 Å². The Hall–Kier alpha value is -2.78. The van der Waals surface area contributed by atoms with Crippen molar-refractivity contribution in [1.82, 2.24) is 9.62 Å². The van der Waals surface area contributed by atoms with Crippen LogP contribution in [0.3, 0.4) is 0 Å². The number of methoxy groups -OCH3 is 3. The molecule has 32 heavy (non-hydrogen) atoms. The number of hydrogen-bond donors (Lipinski definition) is 1. The molecule has 174 valence electrons. The van der Waals surface area contributed by atoms with Crippen LogP contribution in [0, 0.1) is 0 Å². The van der Waals surface area contributed by atoms with Crippen LogP contribution in [-0.2, 0) is 22.3 Å². The van der Waals surface area contributed by atoms with E-state index >= 15 is 0 Å². The maximum Gasteiger partial charge on any atom is 0.251 e. The number of piperidine rings is 1. The van der Waals surface area contributed by atoms with Crippen molar-refractivity contribution >= 4 is 15.9 Å². The van der Waals surface area contributed by atoms with Crippen LogP contribution in [-0.4, -0.2) is 53.0 Å². The van der Waals surface area contributed by atoms with E-state index in [-0.39, 0.29) is 18.2 Å². The van der Waals surface area contributed by atoms with E-state index < -0.39 is 10.0 Å². The third-order valence-corrected chi connectivity index (χ3v) is 7.35. The van der Waals surface area contributed by atoms with Gasteiger partial charge in [0.25, 0.3) is 5.91 Å². The maximum atomic E-state index is 12.6. The molecule has 2 aromatic rings. The molecule has 3 rings (SSSR count). The molecule has 9 heteroatoms. The summed E-state index contributed by atoms with van der Waals surface area (Å²) in [5.74, 6) is 1.16. The quantitative estimate of drug-likeness (QED) is 0.616. The first-order valence-electron chi connectivity index (χ1n) is 10.5. The van der Waals surface area contributed by atoms with Gasteiger partial charge in [-0.05, 0) is 42.7 Å². The summed E-state index contributed by atoms with van der Waals surface area (Å²) in [5.41, 5.74) is 1.85. The number of sulfonamides is 1. The Kier molecular flexibility index (Phi) is 7.98. The molecule has 1 amide bonds. The molecule has 0 bridgehead atoms. The number of amides is 1. The number of carbonyl (C=O) groups excluding carboxylic acids is 1. The van der Waals surface area contributed by atoms with Crippen molar-refractivity contribution < 1.29 is 27.4 Å². The summed E-state index contributed by atoms with van der Waals surface area (Å²) in [4.78, 5) is 12.6. The van der Waals surface area contributed by atoms with Crippen LogP contribution < -0.4 is 19.5 Å². The molecule has 2 aromatic carbocycles. The highest BCUT2D eigenvalue weighted by atomic mass is 32.2. The molecule has 8 nitrogen and oxygen atoms in total. The van der Waals surface area contributed by atoms with Crippen molar-refractivity contribution in [2.24, 2.45) is 0 Å². The fraction of sp³-hybridized carbons (Fsp3) is 0.435. The number of nitrogens with one attached hydrogen (secondary N) is 1. The lowest BCUT2D eigenvalue weighted by molar-refractivity contribution is 0.0950. The highest BCUT2D eigenvalue weighted by Crippen LogP contribution is 2.39. The van der Waals surface area contributed by atoms with Gasteiger partial charge in [-0.1, -0.05) is 18.6 Å². The molecule has 0 aromatic heterocycles. The van der Waals surface area contributed by atoms with Crippen LogP contribution in [0.25, 0.3) is 0 Å². The van der Waals surface area contributed by atoms with Crippen LogP contribution in [0.15, 0.2) is 36.4 Å². The van der Waals surface area contributed by atoms with Crippen LogP contribution in [0.2, 0.25) is 0 Å².